The second-order valence-electron chi connectivity index (χ2n) is 15.9. The average molecular weight is 757 g/mol. The number of nitrogens with zero attached hydrogens (tertiary/aromatic N) is 3. The van der Waals surface area contributed by atoms with Crippen LogP contribution in [-0.2, 0) is 5.41 Å². The van der Waals surface area contributed by atoms with E-state index in [9.17, 15) is 0 Å². The van der Waals surface area contributed by atoms with Crippen molar-refractivity contribution in [2.45, 2.75) is 19.3 Å². The summed E-state index contributed by atoms with van der Waals surface area (Å²) in [6.07, 6.45) is 0. The van der Waals surface area contributed by atoms with Crippen molar-refractivity contribution in [3.63, 3.8) is 0 Å². The van der Waals surface area contributed by atoms with Gasteiger partial charge in [-0.3, -0.25) is 0 Å². The SMILES string of the molecule is CC1(C)c2ccccc2-c2ccc(N(c3ccc(-c4ccc5[nH]c6nc(-c7ccccc7)nc(-c7ccccc7)c6c5c4)cc3)c3cccc(-c4ccccc4)c3)cc21. The van der Waals surface area contributed by atoms with Gasteiger partial charge in [-0.25, -0.2) is 9.97 Å². The predicted octanol–water partition coefficient (Wildman–Crippen LogP) is 14.6. The molecule has 0 bridgehead atoms. The first-order valence-corrected chi connectivity index (χ1v) is 20.2. The van der Waals surface area contributed by atoms with Crippen LogP contribution in [0.25, 0.3) is 78.0 Å². The van der Waals surface area contributed by atoms with Crippen molar-refractivity contribution < 1.29 is 0 Å². The van der Waals surface area contributed by atoms with Crippen LogP contribution in [0.1, 0.15) is 25.0 Å². The maximum atomic E-state index is 5.19. The van der Waals surface area contributed by atoms with E-state index in [1.807, 2.05) is 24.3 Å². The lowest BCUT2D eigenvalue weighted by molar-refractivity contribution is 0.660. The summed E-state index contributed by atoms with van der Waals surface area (Å²) in [5, 5.41) is 2.12. The van der Waals surface area contributed by atoms with Crippen LogP contribution in [0.15, 0.2) is 200 Å². The number of anilines is 3. The van der Waals surface area contributed by atoms with Gasteiger partial charge >= 0.3 is 0 Å². The molecule has 0 amide bonds. The Kier molecular flexibility index (Phi) is 8.12. The molecule has 11 rings (SSSR count). The van der Waals surface area contributed by atoms with E-state index in [0.717, 1.165) is 66.9 Å². The molecule has 0 spiro atoms. The molecule has 0 radical (unpaired) electrons. The number of rotatable bonds is 7. The first kappa shape index (κ1) is 34.7. The summed E-state index contributed by atoms with van der Waals surface area (Å²) in [5.41, 5.74) is 18.0. The van der Waals surface area contributed by atoms with Gasteiger partial charge in [-0.1, -0.05) is 166 Å². The molecule has 2 aromatic heterocycles. The van der Waals surface area contributed by atoms with Gasteiger partial charge in [0, 0.05) is 44.5 Å². The molecule has 1 aliphatic carbocycles. The highest BCUT2D eigenvalue weighted by Crippen LogP contribution is 2.51. The third-order valence-corrected chi connectivity index (χ3v) is 12.0. The minimum Gasteiger partial charge on any atom is -0.339 e. The Morgan fingerprint density at radius 2 is 1.00 bits per heavy atom. The molecule has 59 heavy (non-hydrogen) atoms. The van der Waals surface area contributed by atoms with E-state index in [4.69, 9.17) is 9.97 Å². The van der Waals surface area contributed by atoms with Crippen LogP contribution in [-0.4, -0.2) is 15.0 Å². The smallest absolute Gasteiger partial charge is 0.162 e. The van der Waals surface area contributed by atoms with Gasteiger partial charge in [-0.15, -0.1) is 0 Å². The fraction of sp³-hybridized carbons (Fsp3) is 0.0545. The number of benzene rings is 8. The Bertz CT molecular complexity index is 3170. The van der Waals surface area contributed by atoms with E-state index >= 15 is 0 Å². The molecule has 0 aliphatic heterocycles. The third kappa shape index (κ3) is 5.92. The normalized spacial score (nSPS) is 12.7. The number of nitrogens with one attached hydrogen (secondary N) is 1. The standard InChI is InChI=1S/C55H40N4/c1-55(2)48-24-13-12-23-45(48)46-31-30-44(35-49(46)55)59(43-22-14-21-40(33-43)36-15-6-3-7-16-36)42-28-25-37(26-29-42)41-27-32-50-47(34-41)51-52(38-17-8-4-9-18-38)57-53(58-54(51)56-50)39-19-10-5-11-20-39/h3-35H,1-2H3,(H,56,57,58). The van der Waals surface area contributed by atoms with Gasteiger partial charge in [0.2, 0.25) is 0 Å². The zero-order valence-corrected chi connectivity index (χ0v) is 32.9. The first-order valence-electron chi connectivity index (χ1n) is 20.2. The highest BCUT2D eigenvalue weighted by molar-refractivity contribution is 6.13. The van der Waals surface area contributed by atoms with E-state index in [1.54, 1.807) is 0 Å². The Hall–Kier alpha value is -7.56. The maximum absolute atomic E-state index is 5.19. The molecule has 1 aliphatic rings. The molecule has 0 unspecified atom stereocenters. The van der Waals surface area contributed by atoms with Crippen molar-refractivity contribution in [2.24, 2.45) is 0 Å². The Balaban J connectivity index is 1.02. The van der Waals surface area contributed by atoms with Crippen molar-refractivity contribution in [3.8, 4) is 56.0 Å². The lowest BCUT2D eigenvalue weighted by Gasteiger charge is -2.28. The van der Waals surface area contributed by atoms with Crippen molar-refractivity contribution in [3.05, 3.63) is 211 Å². The molecule has 280 valence electrons. The largest absolute Gasteiger partial charge is 0.339 e. The highest BCUT2D eigenvalue weighted by atomic mass is 15.1. The van der Waals surface area contributed by atoms with Crippen LogP contribution >= 0.6 is 0 Å². The molecule has 2 heterocycles. The monoisotopic (exact) mass is 756 g/mol. The van der Waals surface area contributed by atoms with E-state index in [1.165, 1.54) is 33.4 Å². The van der Waals surface area contributed by atoms with Crippen LogP contribution in [0.3, 0.4) is 0 Å². The Morgan fingerprint density at radius 1 is 0.424 bits per heavy atom. The molecule has 4 nitrogen and oxygen atoms in total. The summed E-state index contributed by atoms with van der Waals surface area (Å²) in [7, 11) is 0. The fourth-order valence-corrected chi connectivity index (χ4v) is 9.03. The van der Waals surface area contributed by atoms with Gasteiger partial charge in [0.15, 0.2) is 5.82 Å². The van der Waals surface area contributed by atoms with Gasteiger partial charge < -0.3 is 9.88 Å². The molecule has 10 aromatic rings. The van der Waals surface area contributed by atoms with E-state index < -0.39 is 0 Å². The summed E-state index contributed by atoms with van der Waals surface area (Å²) >= 11 is 0. The Labute approximate surface area is 344 Å². The van der Waals surface area contributed by atoms with Crippen LogP contribution in [0.4, 0.5) is 17.1 Å². The molecule has 4 heteroatoms. The van der Waals surface area contributed by atoms with E-state index in [0.29, 0.717) is 5.82 Å². The second-order valence-corrected chi connectivity index (χ2v) is 15.9. The zero-order chi connectivity index (χ0) is 39.5. The predicted molar refractivity (Wildman–Crippen MR) is 245 cm³/mol. The molecule has 8 aromatic carbocycles. The van der Waals surface area contributed by atoms with Crippen LogP contribution < -0.4 is 4.90 Å². The van der Waals surface area contributed by atoms with Gasteiger partial charge in [-0.2, -0.15) is 0 Å². The topological polar surface area (TPSA) is 44.8 Å². The van der Waals surface area contributed by atoms with Crippen molar-refractivity contribution in [2.75, 3.05) is 4.90 Å². The van der Waals surface area contributed by atoms with E-state index in [-0.39, 0.29) is 5.41 Å². The Morgan fingerprint density at radius 3 is 1.76 bits per heavy atom. The second kappa shape index (κ2) is 13.8. The number of hydrogen-bond acceptors (Lipinski definition) is 3. The van der Waals surface area contributed by atoms with Crippen molar-refractivity contribution in [1.29, 1.82) is 0 Å². The summed E-state index contributed by atoms with van der Waals surface area (Å²) in [6, 6.07) is 71.6. The van der Waals surface area contributed by atoms with Crippen molar-refractivity contribution >= 4 is 39.0 Å². The van der Waals surface area contributed by atoms with Crippen molar-refractivity contribution in [1.82, 2.24) is 15.0 Å². The minimum atomic E-state index is -0.112. The fourth-order valence-electron chi connectivity index (χ4n) is 9.03. The van der Waals surface area contributed by atoms with Crippen LogP contribution in [0.5, 0.6) is 0 Å². The number of aromatic amines is 1. The van der Waals surface area contributed by atoms with E-state index in [2.05, 4.69) is 200 Å². The summed E-state index contributed by atoms with van der Waals surface area (Å²) in [6.45, 7) is 4.69. The maximum Gasteiger partial charge on any atom is 0.162 e. The molecule has 0 saturated heterocycles. The minimum absolute atomic E-state index is 0.112. The van der Waals surface area contributed by atoms with Gasteiger partial charge in [-0.05, 0) is 93.0 Å². The van der Waals surface area contributed by atoms with Crippen LogP contribution in [0, 0.1) is 0 Å². The number of H-pyrrole nitrogens is 1. The summed E-state index contributed by atoms with van der Waals surface area (Å²) in [5.74, 6) is 0.703. The molecular formula is C55H40N4. The molecule has 0 fully saturated rings. The quantitative estimate of drug-likeness (QED) is 0.176. The van der Waals surface area contributed by atoms with Gasteiger partial charge in [0.1, 0.15) is 5.65 Å². The average Bonchev–Trinajstić information content (AvgIpc) is 3.78. The highest BCUT2D eigenvalue weighted by Gasteiger charge is 2.35. The molecule has 0 atom stereocenters. The third-order valence-electron chi connectivity index (χ3n) is 12.0. The first-order chi connectivity index (χ1) is 29.0. The lowest BCUT2D eigenvalue weighted by Crippen LogP contribution is -2.16. The zero-order valence-electron chi connectivity index (χ0n) is 32.9. The summed E-state index contributed by atoms with van der Waals surface area (Å²) in [4.78, 5) is 16.3. The molecule has 1 N–H and O–H groups in total. The lowest BCUT2D eigenvalue weighted by atomic mass is 9.82. The molecule has 0 saturated carbocycles. The number of fused-ring (bicyclic) bond motifs is 6. The number of hydrogen-bond donors (Lipinski definition) is 1. The molecular weight excluding hydrogens is 717 g/mol. The summed E-state index contributed by atoms with van der Waals surface area (Å²) < 4.78 is 0. The van der Waals surface area contributed by atoms with Gasteiger partial charge in [0.25, 0.3) is 0 Å². The number of aromatic nitrogens is 3. The van der Waals surface area contributed by atoms with Crippen LogP contribution in [0.2, 0.25) is 0 Å². The van der Waals surface area contributed by atoms with Gasteiger partial charge in [0.05, 0.1) is 11.1 Å².